The first-order valence-electron chi connectivity index (χ1n) is 11.3. The lowest BCUT2D eigenvalue weighted by Gasteiger charge is -2.33. The first kappa shape index (κ1) is 21.1. The van der Waals surface area contributed by atoms with Crippen LogP contribution in [0.1, 0.15) is 37.2 Å². The molecule has 0 amide bonds. The normalized spacial score (nSPS) is 16.4. The van der Waals surface area contributed by atoms with Gasteiger partial charge in [-0.3, -0.25) is 9.69 Å². The van der Waals surface area contributed by atoms with Crippen LogP contribution in [0.5, 0.6) is 0 Å². The van der Waals surface area contributed by atoms with Gasteiger partial charge in [0.05, 0.1) is 11.4 Å². The monoisotopic (exact) mass is 444 g/mol. The maximum absolute atomic E-state index is 12.9. The Hall–Kier alpha value is -2.80. The maximum atomic E-state index is 12.9. The molecule has 2 aromatic heterocycles. The molecule has 5 nitrogen and oxygen atoms in total. The Kier molecular flexibility index (Phi) is 6.17. The van der Waals surface area contributed by atoms with Crippen molar-refractivity contribution >= 4 is 21.6 Å². The third-order valence-corrected chi connectivity index (χ3v) is 7.15. The second kappa shape index (κ2) is 9.36. The molecule has 0 unspecified atom stereocenters. The Morgan fingerprint density at radius 1 is 1.09 bits per heavy atom. The summed E-state index contributed by atoms with van der Waals surface area (Å²) in [6, 6.07) is 21.1. The fraction of sp³-hybridized carbons (Fsp3) is 0.308. The molecule has 2 aromatic carbocycles. The summed E-state index contributed by atoms with van der Waals surface area (Å²) in [5.74, 6) is 0.718. The molecule has 4 aromatic rings. The largest absolute Gasteiger partial charge is 0.309 e. The summed E-state index contributed by atoms with van der Waals surface area (Å²) in [4.78, 5) is 24.1. The molecule has 164 valence electrons. The number of hydrogen-bond acceptors (Lipinski definition) is 5. The van der Waals surface area contributed by atoms with E-state index in [-0.39, 0.29) is 11.6 Å². The highest BCUT2D eigenvalue weighted by Crippen LogP contribution is 2.31. The maximum Gasteiger partial charge on any atom is 0.260 e. The van der Waals surface area contributed by atoms with Gasteiger partial charge in [-0.1, -0.05) is 60.7 Å². The van der Waals surface area contributed by atoms with E-state index in [4.69, 9.17) is 4.98 Å². The van der Waals surface area contributed by atoms with Crippen molar-refractivity contribution in [1.29, 1.82) is 0 Å². The fourth-order valence-electron chi connectivity index (χ4n) is 4.53. The van der Waals surface area contributed by atoms with Crippen molar-refractivity contribution in [3.63, 3.8) is 0 Å². The number of aromatic amines is 1. The zero-order chi connectivity index (χ0) is 21.9. The molecule has 3 heterocycles. The van der Waals surface area contributed by atoms with E-state index in [0.29, 0.717) is 11.4 Å². The van der Waals surface area contributed by atoms with E-state index in [0.717, 1.165) is 54.3 Å². The van der Waals surface area contributed by atoms with Gasteiger partial charge < -0.3 is 10.3 Å². The molecule has 6 heteroatoms. The summed E-state index contributed by atoms with van der Waals surface area (Å²) >= 11 is 1.54. The number of rotatable bonds is 6. The first-order valence-corrected chi connectivity index (χ1v) is 12.1. The average molecular weight is 445 g/mol. The van der Waals surface area contributed by atoms with Crippen LogP contribution in [0.15, 0.2) is 70.8 Å². The highest BCUT2D eigenvalue weighted by molar-refractivity contribution is 7.17. The van der Waals surface area contributed by atoms with Gasteiger partial charge in [-0.05, 0) is 44.0 Å². The molecular weight excluding hydrogens is 416 g/mol. The molecule has 0 saturated carbocycles. The molecule has 0 aliphatic carbocycles. The van der Waals surface area contributed by atoms with Crippen LogP contribution in [0.25, 0.3) is 21.3 Å². The number of hydrogen-bond donors (Lipinski definition) is 2. The predicted octanol–water partition coefficient (Wildman–Crippen LogP) is 4.97. The van der Waals surface area contributed by atoms with Gasteiger partial charge in [0, 0.05) is 23.5 Å². The van der Waals surface area contributed by atoms with Crippen molar-refractivity contribution in [3.8, 4) is 11.1 Å². The molecule has 0 spiro atoms. The summed E-state index contributed by atoms with van der Waals surface area (Å²) in [5.41, 5.74) is 3.31. The lowest BCUT2D eigenvalue weighted by Crippen LogP contribution is -2.43. The van der Waals surface area contributed by atoms with E-state index in [9.17, 15) is 4.79 Å². The van der Waals surface area contributed by atoms with Crippen molar-refractivity contribution < 1.29 is 0 Å². The van der Waals surface area contributed by atoms with Gasteiger partial charge in [-0.2, -0.15) is 0 Å². The van der Waals surface area contributed by atoms with Gasteiger partial charge in [0.25, 0.3) is 5.56 Å². The van der Waals surface area contributed by atoms with Crippen molar-refractivity contribution in [2.24, 2.45) is 0 Å². The Morgan fingerprint density at radius 3 is 2.50 bits per heavy atom. The van der Waals surface area contributed by atoms with Gasteiger partial charge >= 0.3 is 0 Å². The highest BCUT2D eigenvalue weighted by atomic mass is 32.1. The van der Waals surface area contributed by atoms with Crippen LogP contribution in [0, 0.1) is 0 Å². The van der Waals surface area contributed by atoms with E-state index >= 15 is 0 Å². The second-order valence-electron chi connectivity index (χ2n) is 8.57. The Balaban J connectivity index is 1.25. The van der Waals surface area contributed by atoms with Crippen molar-refractivity contribution in [3.05, 3.63) is 87.8 Å². The quantitative estimate of drug-likeness (QED) is 0.441. The summed E-state index contributed by atoms with van der Waals surface area (Å²) in [5, 5.41) is 6.42. The summed E-state index contributed by atoms with van der Waals surface area (Å²) < 4.78 is 0. The van der Waals surface area contributed by atoms with Gasteiger partial charge in [-0.15, -0.1) is 11.3 Å². The van der Waals surface area contributed by atoms with E-state index < -0.39 is 0 Å². The molecule has 1 atom stereocenters. The number of aromatic nitrogens is 2. The van der Waals surface area contributed by atoms with Gasteiger partial charge in [0.15, 0.2) is 0 Å². The van der Waals surface area contributed by atoms with Crippen LogP contribution in [-0.2, 0) is 6.54 Å². The summed E-state index contributed by atoms with van der Waals surface area (Å²) in [7, 11) is 0. The minimum atomic E-state index is -0.0589. The molecule has 0 bridgehead atoms. The number of fused-ring (bicyclic) bond motifs is 1. The standard InChI is InChI=1S/C26H28N4OS/c1-18(27-21-12-14-30(15-13-21)16-19-8-4-2-5-9-19)24-28-25(31)23-22(17-32-26(23)29-24)20-10-6-3-7-11-20/h2-11,17-18,21,27H,12-16H2,1H3,(H,28,29,31)/t18-/m0/s1. The number of thiophene rings is 1. The van der Waals surface area contributed by atoms with Crippen molar-refractivity contribution in [2.75, 3.05) is 13.1 Å². The lowest BCUT2D eigenvalue weighted by molar-refractivity contribution is 0.184. The first-order chi connectivity index (χ1) is 15.7. The SMILES string of the molecule is C[C@H](NC1CCN(Cc2ccccc2)CC1)c1nc2scc(-c3ccccc3)c2c(=O)[nH]1. The fourth-order valence-corrected chi connectivity index (χ4v) is 5.49. The molecule has 1 fully saturated rings. The van der Waals surface area contributed by atoms with Crippen LogP contribution in [-0.4, -0.2) is 34.0 Å². The molecule has 1 saturated heterocycles. The van der Waals surface area contributed by atoms with Crippen LogP contribution >= 0.6 is 11.3 Å². The minimum absolute atomic E-state index is 0.0000450. The number of H-pyrrole nitrogens is 1. The van der Waals surface area contributed by atoms with Crippen LogP contribution in [0.2, 0.25) is 0 Å². The molecule has 1 aliphatic heterocycles. The van der Waals surface area contributed by atoms with Gasteiger partial charge in [0.2, 0.25) is 0 Å². The smallest absolute Gasteiger partial charge is 0.260 e. The van der Waals surface area contributed by atoms with E-state index in [2.05, 4.69) is 52.5 Å². The third-order valence-electron chi connectivity index (χ3n) is 6.28. The molecule has 2 N–H and O–H groups in total. The summed E-state index contributed by atoms with van der Waals surface area (Å²) in [6.07, 6.45) is 2.20. The molecule has 1 aliphatic rings. The molecule has 32 heavy (non-hydrogen) atoms. The number of benzene rings is 2. The lowest BCUT2D eigenvalue weighted by atomic mass is 10.0. The van der Waals surface area contributed by atoms with E-state index in [1.54, 1.807) is 0 Å². The summed E-state index contributed by atoms with van der Waals surface area (Å²) in [6.45, 7) is 5.25. The topological polar surface area (TPSA) is 61.0 Å². The van der Waals surface area contributed by atoms with Crippen molar-refractivity contribution in [2.45, 2.75) is 38.4 Å². The second-order valence-corrected chi connectivity index (χ2v) is 9.43. The average Bonchev–Trinajstić information content (AvgIpc) is 3.26. The molecule has 0 radical (unpaired) electrons. The number of nitrogens with zero attached hydrogens (tertiary/aromatic N) is 2. The van der Waals surface area contributed by atoms with E-state index in [1.807, 2.05) is 35.7 Å². The van der Waals surface area contributed by atoms with Crippen molar-refractivity contribution in [1.82, 2.24) is 20.2 Å². The minimum Gasteiger partial charge on any atom is -0.309 e. The Morgan fingerprint density at radius 2 is 1.78 bits per heavy atom. The molecular formula is C26H28N4OS. The number of piperidine rings is 1. The van der Waals surface area contributed by atoms with Crippen LogP contribution < -0.4 is 10.9 Å². The molecule has 5 rings (SSSR count). The van der Waals surface area contributed by atoms with Gasteiger partial charge in [0.1, 0.15) is 10.7 Å². The van der Waals surface area contributed by atoms with Gasteiger partial charge in [-0.25, -0.2) is 4.98 Å². The highest BCUT2D eigenvalue weighted by Gasteiger charge is 2.22. The van der Waals surface area contributed by atoms with Crippen LogP contribution in [0.3, 0.4) is 0 Å². The number of likely N-dealkylation sites (tertiary alicyclic amines) is 1. The zero-order valence-corrected chi connectivity index (χ0v) is 19.1. The number of nitrogens with one attached hydrogen (secondary N) is 2. The van der Waals surface area contributed by atoms with Crippen LogP contribution in [0.4, 0.5) is 0 Å². The zero-order valence-electron chi connectivity index (χ0n) is 18.3. The predicted molar refractivity (Wildman–Crippen MR) is 132 cm³/mol. The Bertz CT molecular complexity index is 1230. The van der Waals surface area contributed by atoms with E-state index in [1.165, 1.54) is 16.9 Å². The third kappa shape index (κ3) is 4.53. The Labute approximate surface area is 192 Å².